The van der Waals surface area contributed by atoms with Crippen LogP contribution in [0.2, 0.25) is 0 Å². The van der Waals surface area contributed by atoms with Crippen LogP contribution in [0.25, 0.3) is 10.9 Å². The van der Waals surface area contributed by atoms with Crippen molar-refractivity contribution in [3.05, 3.63) is 35.0 Å². The van der Waals surface area contributed by atoms with Crippen LogP contribution in [0.4, 0.5) is 0 Å². The summed E-state index contributed by atoms with van der Waals surface area (Å²) in [6.45, 7) is 2.50. The molecule has 0 fully saturated rings. The summed E-state index contributed by atoms with van der Waals surface area (Å²) in [7, 11) is 0. The fraction of sp³-hybridized carbons (Fsp3) is 0.308. The average Bonchev–Trinajstić information content (AvgIpc) is 2.69. The first kappa shape index (κ1) is 11.7. The number of nitrogens with two attached hydrogens (primary N) is 1. The fourth-order valence-electron chi connectivity index (χ4n) is 2.22. The number of carboxylic acids is 1. The van der Waals surface area contributed by atoms with Gasteiger partial charge >= 0.3 is 5.97 Å². The topological polar surface area (TPSA) is 79.1 Å². The summed E-state index contributed by atoms with van der Waals surface area (Å²) in [6.07, 6.45) is 1.45. The second-order valence-electron chi connectivity index (χ2n) is 4.02. The van der Waals surface area contributed by atoms with E-state index in [0.717, 1.165) is 28.5 Å². The predicted molar refractivity (Wildman–Crippen MR) is 67.4 cm³/mol. The third-order valence-corrected chi connectivity index (χ3v) is 3.02. The molecule has 0 atom stereocenters. The lowest BCUT2D eigenvalue weighted by Crippen LogP contribution is -2.07. The van der Waals surface area contributed by atoms with Crippen molar-refractivity contribution in [1.82, 2.24) is 4.98 Å². The number of aryl methyl sites for hydroxylation is 1. The van der Waals surface area contributed by atoms with Crippen molar-refractivity contribution in [2.45, 2.75) is 19.8 Å². The standard InChI is InChI=1S/C13H16N2O2/c1-2-8-4-3-5-9-10(6-7-14)12(13(16)17)15-11(8)9/h3-5,15H,2,6-7,14H2,1H3,(H,16,17). The van der Waals surface area contributed by atoms with Crippen LogP contribution in [0.15, 0.2) is 18.2 Å². The van der Waals surface area contributed by atoms with Gasteiger partial charge in [0.05, 0.1) is 0 Å². The lowest BCUT2D eigenvalue weighted by molar-refractivity contribution is 0.0690. The van der Waals surface area contributed by atoms with Gasteiger partial charge < -0.3 is 15.8 Å². The number of aromatic amines is 1. The predicted octanol–water partition coefficient (Wildman–Crippen LogP) is 1.93. The summed E-state index contributed by atoms with van der Waals surface area (Å²) in [5.74, 6) is -0.924. The zero-order valence-electron chi connectivity index (χ0n) is 9.79. The Kier molecular flexibility index (Phi) is 3.15. The number of hydrogen-bond donors (Lipinski definition) is 3. The molecular formula is C13H16N2O2. The molecule has 0 aliphatic heterocycles. The van der Waals surface area contributed by atoms with Gasteiger partial charge in [0, 0.05) is 10.9 Å². The van der Waals surface area contributed by atoms with Gasteiger partial charge in [0.25, 0.3) is 0 Å². The van der Waals surface area contributed by atoms with Crippen LogP contribution in [0, 0.1) is 0 Å². The summed E-state index contributed by atoms with van der Waals surface area (Å²) >= 11 is 0. The normalized spacial score (nSPS) is 10.9. The zero-order valence-corrected chi connectivity index (χ0v) is 9.79. The Balaban J connectivity index is 2.74. The maximum Gasteiger partial charge on any atom is 0.352 e. The molecule has 2 aromatic rings. The number of fused-ring (bicyclic) bond motifs is 1. The van der Waals surface area contributed by atoms with E-state index in [1.54, 1.807) is 0 Å². The van der Waals surface area contributed by atoms with Gasteiger partial charge in [0.2, 0.25) is 0 Å². The molecule has 0 saturated heterocycles. The van der Waals surface area contributed by atoms with E-state index in [4.69, 9.17) is 5.73 Å². The van der Waals surface area contributed by atoms with E-state index in [1.165, 1.54) is 0 Å². The van der Waals surface area contributed by atoms with Crippen molar-refractivity contribution in [3.63, 3.8) is 0 Å². The first-order chi connectivity index (χ1) is 8.19. The maximum atomic E-state index is 11.2. The van der Waals surface area contributed by atoms with E-state index < -0.39 is 5.97 Å². The Labute approximate surface area is 99.4 Å². The highest BCUT2D eigenvalue weighted by molar-refractivity contribution is 5.98. The molecule has 0 amide bonds. The molecule has 4 heteroatoms. The number of para-hydroxylation sites is 1. The fourth-order valence-corrected chi connectivity index (χ4v) is 2.22. The largest absolute Gasteiger partial charge is 0.477 e. The van der Waals surface area contributed by atoms with Crippen LogP contribution in [0.3, 0.4) is 0 Å². The SMILES string of the molecule is CCc1cccc2c(CCN)c(C(=O)O)[nH]c12. The van der Waals surface area contributed by atoms with Crippen molar-refractivity contribution < 1.29 is 9.90 Å². The van der Waals surface area contributed by atoms with Gasteiger partial charge in [-0.25, -0.2) is 4.79 Å². The number of H-pyrrole nitrogens is 1. The molecule has 1 heterocycles. The van der Waals surface area contributed by atoms with Crippen LogP contribution in [0.5, 0.6) is 0 Å². The lowest BCUT2D eigenvalue weighted by Gasteiger charge is -2.00. The summed E-state index contributed by atoms with van der Waals surface area (Å²) < 4.78 is 0. The third-order valence-electron chi connectivity index (χ3n) is 3.02. The molecule has 0 aliphatic rings. The van der Waals surface area contributed by atoms with Crippen LogP contribution < -0.4 is 5.73 Å². The second-order valence-corrected chi connectivity index (χ2v) is 4.02. The van der Waals surface area contributed by atoms with E-state index in [-0.39, 0.29) is 5.69 Å². The molecule has 0 unspecified atom stereocenters. The smallest absolute Gasteiger partial charge is 0.352 e. The van der Waals surface area contributed by atoms with Crippen LogP contribution in [-0.2, 0) is 12.8 Å². The molecule has 90 valence electrons. The minimum atomic E-state index is -0.924. The highest BCUT2D eigenvalue weighted by Gasteiger charge is 2.17. The van der Waals surface area contributed by atoms with Gasteiger partial charge in [-0.3, -0.25) is 0 Å². The Morgan fingerprint density at radius 3 is 2.82 bits per heavy atom. The van der Waals surface area contributed by atoms with E-state index >= 15 is 0 Å². The Bertz CT molecular complexity index is 558. The van der Waals surface area contributed by atoms with Gasteiger partial charge in [-0.1, -0.05) is 25.1 Å². The van der Waals surface area contributed by atoms with E-state index in [0.29, 0.717) is 13.0 Å². The molecule has 0 spiro atoms. The summed E-state index contributed by atoms with van der Waals surface area (Å²) in [5.41, 5.74) is 8.68. The molecule has 4 nitrogen and oxygen atoms in total. The molecule has 17 heavy (non-hydrogen) atoms. The Morgan fingerprint density at radius 1 is 1.47 bits per heavy atom. The van der Waals surface area contributed by atoms with E-state index in [1.807, 2.05) is 18.2 Å². The van der Waals surface area contributed by atoms with Crippen molar-refractivity contribution in [3.8, 4) is 0 Å². The molecular weight excluding hydrogens is 216 g/mol. The van der Waals surface area contributed by atoms with Crippen molar-refractivity contribution in [1.29, 1.82) is 0 Å². The molecule has 4 N–H and O–H groups in total. The van der Waals surface area contributed by atoms with E-state index in [9.17, 15) is 9.90 Å². The van der Waals surface area contributed by atoms with E-state index in [2.05, 4.69) is 11.9 Å². The third kappa shape index (κ3) is 1.91. The quantitative estimate of drug-likeness (QED) is 0.753. The summed E-state index contributed by atoms with van der Waals surface area (Å²) in [6, 6.07) is 5.92. The van der Waals surface area contributed by atoms with Gasteiger partial charge in [0.1, 0.15) is 5.69 Å². The number of rotatable bonds is 4. The molecule has 1 aromatic heterocycles. The number of benzene rings is 1. The van der Waals surface area contributed by atoms with Crippen molar-refractivity contribution in [2.24, 2.45) is 5.73 Å². The molecule has 0 bridgehead atoms. The Morgan fingerprint density at radius 2 is 2.24 bits per heavy atom. The number of aromatic nitrogens is 1. The first-order valence-corrected chi connectivity index (χ1v) is 5.74. The first-order valence-electron chi connectivity index (χ1n) is 5.74. The molecule has 1 aromatic carbocycles. The van der Waals surface area contributed by atoms with Crippen LogP contribution in [-0.4, -0.2) is 22.6 Å². The van der Waals surface area contributed by atoms with Gasteiger partial charge in [-0.2, -0.15) is 0 Å². The monoisotopic (exact) mass is 232 g/mol. The highest BCUT2D eigenvalue weighted by atomic mass is 16.4. The van der Waals surface area contributed by atoms with Crippen LogP contribution in [0.1, 0.15) is 28.5 Å². The molecule has 2 rings (SSSR count). The minimum absolute atomic E-state index is 0.270. The maximum absolute atomic E-state index is 11.2. The lowest BCUT2D eigenvalue weighted by atomic mass is 10.0. The Hall–Kier alpha value is -1.81. The van der Waals surface area contributed by atoms with Crippen LogP contribution >= 0.6 is 0 Å². The summed E-state index contributed by atoms with van der Waals surface area (Å²) in [4.78, 5) is 14.2. The van der Waals surface area contributed by atoms with Crippen molar-refractivity contribution in [2.75, 3.05) is 6.54 Å². The highest BCUT2D eigenvalue weighted by Crippen LogP contribution is 2.26. The number of hydrogen-bond acceptors (Lipinski definition) is 2. The summed E-state index contributed by atoms with van der Waals surface area (Å²) in [5, 5.41) is 10.2. The number of nitrogens with one attached hydrogen (secondary N) is 1. The number of aromatic carboxylic acids is 1. The number of carboxylic acid groups (broad SMARTS) is 1. The molecule has 0 saturated carbocycles. The average molecular weight is 232 g/mol. The second kappa shape index (κ2) is 4.59. The van der Waals surface area contributed by atoms with Gasteiger partial charge in [-0.05, 0) is 30.5 Å². The molecule has 0 aliphatic carbocycles. The van der Waals surface area contributed by atoms with Gasteiger partial charge in [0.15, 0.2) is 0 Å². The van der Waals surface area contributed by atoms with Gasteiger partial charge in [-0.15, -0.1) is 0 Å². The minimum Gasteiger partial charge on any atom is -0.477 e. The number of carbonyl (C=O) groups is 1. The molecule has 0 radical (unpaired) electrons. The van der Waals surface area contributed by atoms with Crippen molar-refractivity contribution >= 4 is 16.9 Å². The zero-order chi connectivity index (χ0) is 12.4.